The Morgan fingerprint density at radius 1 is 0.650 bits per heavy atom. The van der Waals surface area contributed by atoms with Gasteiger partial charge in [-0.2, -0.15) is 0 Å². The molecule has 2 aromatic heterocycles. The van der Waals surface area contributed by atoms with E-state index in [4.69, 9.17) is 15.0 Å². The Labute approximate surface area is 239 Å². The maximum atomic E-state index is 5.34. The number of hydrogen-bond donors (Lipinski definition) is 0. The van der Waals surface area contributed by atoms with Crippen LogP contribution >= 0.6 is 0 Å². The minimum atomic E-state index is 0.393. The molecule has 0 aliphatic rings. The normalized spacial score (nSPS) is 12.4. The minimum absolute atomic E-state index is 0.393. The number of aryl methyl sites for hydroxylation is 2. The zero-order chi connectivity index (χ0) is 28.7. The summed E-state index contributed by atoms with van der Waals surface area (Å²) in [6, 6.07) is 24.0. The fourth-order valence-corrected chi connectivity index (χ4v) is 5.57. The van der Waals surface area contributed by atoms with E-state index in [1.807, 2.05) is 6.92 Å². The lowest BCUT2D eigenvalue weighted by atomic mass is 9.83. The fraction of sp³-hybridized carbons (Fsp3) is 0.324. The molecule has 0 bridgehead atoms. The predicted octanol–water partition coefficient (Wildman–Crippen LogP) is 10.6. The number of nitrogens with zero attached hydrogens (tertiary/aromatic N) is 3. The summed E-state index contributed by atoms with van der Waals surface area (Å²) in [7, 11) is 0. The molecule has 0 N–H and O–H groups in total. The first kappa shape index (κ1) is 27.7. The number of hydrogen-bond acceptors (Lipinski definition) is 3. The van der Waals surface area contributed by atoms with Crippen molar-refractivity contribution in [3.63, 3.8) is 0 Å². The van der Waals surface area contributed by atoms with Crippen molar-refractivity contribution in [2.24, 2.45) is 4.99 Å². The van der Waals surface area contributed by atoms with Gasteiger partial charge in [-0.25, -0.2) is 9.97 Å². The van der Waals surface area contributed by atoms with Crippen LogP contribution in [0.5, 0.6) is 0 Å². The van der Waals surface area contributed by atoms with Gasteiger partial charge in [0.2, 0.25) is 0 Å². The molecule has 0 fully saturated rings. The van der Waals surface area contributed by atoms with Gasteiger partial charge in [-0.3, -0.25) is 4.99 Å². The lowest BCUT2D eigenvalue weighted by Crippen LogP contribution is -2.05. The van der Waals surface area contributed by atoms with Crippen LogP contribution in [0.25, 0.3) is 33.1 Å². The molecule has 3 nitrogen and oxygen atoms in total. The minimum Gasteiger partial charge on any atom is -0.251 e. The van der Waals surface area contributed by atoms with Gasteiger partial charge in [0.05, 0.1) is 33.8 Å². The zero-order valence-electron chi connectivity index (χ0n) is 25.4. The summed E-state index contributed by atoms with van der Waals surface area (Å²) in [5.74, 6) is 1.27. The highest BCUT2D eigenvalue weighted by atomic mass is 14.8. The van der Waals surface area contributed by atoms with E-state index >= 15 is 0 Å². The molecule has 2 heterocycles. The van der Waals surface area contributed by atoms with Crippen LogP contribution in [0.1, 0.15) is 99.7 Å². The largest absolute Gasteiger partial charge is 0.251 e. The molecule has 0 saturated carbocycles. The number of aromatic nitrogens is 2. The average molecular weight is 528 g/mol. The lowest BCUT2D eigenvalue weighted by molar-refractivity contribution is 0.806. The molecule has 0 atom stereocenters. The second kappa shape index (κ2) is 11.0. The van der Waals surface area contributed by atoms with Crippen molar-refractivity contribution < 1.29 is 0 Å². The first-order chi connectivity index (χ1) is 19.0. The van der Waals surface area contributed by atoms with Crippen LogP contribution in [0.2, 0.25) is 0 Å². The second-order valence-electron chi connectivity index (χ2n) is 12.1. The van der Waals surface area contributed by atoms with Gasteiger partial charge in [0, 0.05) is 16.3 Å². The Morgan fingerprint density at radius 2 is 1.18 bits per heavy atom. The van der Waals surface area contributed by atoms with E-state index in [1.54, 1.807) is 0 Å². The first-order valence-electron chi connectivity index (χ1n) is 14.6. The molecular formula is C37H41N3. The smallest absolute Gasteiger partial charge is 0.0972 e. The number of para-hydroxylation sites is 1. The van der Waals surface area contributed by atoms with Crippen LogP contribution in [0.15, 0.2) is 71.7 Å². The van der Waals surface area contributed by atoms with E-state index in [2.05, 4.69) is 122 Å². The SMILES string of the molecule is CC(=Nc1c(C)cccc1C)c1ccc2ccc3ccc(-c4c(C(C)C)cc(C(C)C)cc4C(C)C)nc3c2n1. The number of fused-ring (bicyclic) bond motifs is 3. The number of aliphatic imine (C=N–C) groups is 1. The van der Waals surface area contributed by atoms with Gasteiger partial charge in [0.15, 0.2) is 0 Å². The Balaban J connectivity index is 1.73. The molecular weight excluding hydrogens is 486 g/mol. The second-order valence-corrected chi connectivity index (χ2v) is 12.1. The van der Waals surface area contributed by atoms with E-state index in [1.165, 1.54) is 33.4 Å². The van der Waals surface area contributed by atoms with E-state index in [9.17, 15) is 0 Å². The van der Waals surface area contributed by atoms with Crippen LogP contribution < -0.4 is 0 Å². The van der Waals surface area contributed by atoms with Gasteiger partial charge < -0.3 is 0 Å². The lowest BCUT2D eigenvalue weighted by Gasteiger charge is -2.23. The van der Waals surface area contributed by atoms with Crippen LogP contribution in [0.4, 0.5) is 5.69 Å². The van der Waals surface area contributed by atoms with Crippen molar-refractivity contribution in [3.05, 3.63) is 100 Å². The van der Waals surface area contributed by atoms with Crippen LogP contribution in [0.3, 0.4) is 0 Å². The molecule has 0 unspecified atom stereocenters. The molecule has 0 aliphatic carbocycles. The Bertz CT molecular complexity index is 1710. The van der Waals surface area contributed by atoms with Crippen molar-refractivity contribution in [1.82, 2.24) is 9.97 Å². The molecule has 0 aliphatic heterocycles. The predicted molar refractivity (Wildman–Crippen MR) is 173 cm³/mol. The van der Waals surface area contributed by atoms with Gasteiger partial charge in [-0.1, -0.05) is 96.1 Å². The van der Waals surface area contributed by atoms with E-state index in [0.717, 1.165) is 44.6 Å². The molecule has 0 spiro atoms. The average Bonchev–Trinajstić information content (AvgIpc) is 2.93. The van der Waals surface area contributed by atoms with Crippen molar-refractivity contribution in [3.8, 4) is 11.3 Å². The Hall–Kier alpha value is -3.85. The summed E-state index contributed by atoms with van der Waals surface area (Å²) in [6.07, 6.45) is 0. The van der Waals surface area contributed by atoms with Gasteiger partial charge >= 0.3 is 0 Å². The zero-order valence-corrected chi connectivity index (χ0v) is 25.4. The Morgan fingerprint density at radius 3 is 1.73 bits per heavy atom. The van der Waals surface area contributed by atoms with E-state index in [-0.39, 0.29) is 0 Å². The molecule has 0 radical (unpaired) electrons. The highest BCUT2D eigenvalue weighted by Crippen LogP contribution is 2.39. The summed E-state index contributed by atoms with van der Waals surface area (Å²) in [5, 5.41) is 2.19. The molecule has 40 heavy (non-hydrogen) atoms. The summed E-state index contributed by atoms with van der Waals surface area (Å²) < 4.78 is 0. The maximum Gasteiger partial charge on any atom is 0.0972 e. The fourth-order valence-electron chi connectivity index (χ4n) is 5.57. The van der Waals surface area contributed by atoms with Gasteiger partial charge in [0.25, 0.3) is 0 Å². The van der Waals surface area contributed by atoms with Crippen molar-refractivity contribution >= 4 is 33.2 Å². The monoisotopic (exact) mass is 527 g/mol. The third-order valence-corrected chi connectivity index (χ3v) is 8.00. The van der Waals surface area contributed by atoms with Crippen LogP contribution in [-0.4, -0.2) is 15.7 Å². The number of benzene rings is 3. The highest BCUT2D eigenvalue weighted by Gasteiger charge is 2.20. The number of pyridine rings is 2. The van der Waals surface area contributed by atoms with E-state index < -0.39 is 0 Å². The molecule has 204 valence electrons. The summed E-state index contributed by atoms with van der Waals surface area (Å²) in [6.45, 7) is 20.0. The topological polar surface area (TPSA) is 38.1 Å². The van der Waals surface area contributed by atoms with Crippen molar-refractivity contribution in [2.45, 2.75) is 80.1 Å². The Kier molecular flexibility index (Phi) is 7.59. The maximum absolute atomic E-state index is 5.34. The van der Waals surface area contributed by atoms with Crippen LogP contribution in [0, 0.1) is 13.8 Å². The third-order valence-electron chi connectivity index (χ3n) is 8.00. The summed E-state index contributed by atoms with van der Waals surface area (Å²) in [5.41, 5.74) is 13.4. The molecule has 3 heteroatoms. The van der Waals surface area contributed by atoms with Crippen LogP contribution in [-0.2, 0) is 0 Å². The first-order valence-corrected chi connectivity index (χ1v) is 14.6. The number of rotatable bonds is 6. The molecule has 5 aromatic rings. The molecule has 3 aromatic carbocycles. The quantitative estimate of drug-likeness (QED) is 0.163. The van der Waals surface area contributed by atoms with Crippen molar-refractivity contribution in [2.75, 3.05) is 0 Å². The van der Waals surface area contributed by atoms with E-state index in [0.29, 0.717) is 17.8 Å². The summed E-state index contributed by atoms with van der Waals surface area (Å²) >= 11 is 0. The van der Waals surface area contributed by atoms with Gasteiger partial charge in [-0.15, -0.1) is 0 Å². The van der Waals surface area contributed by atoms with Gasteiger partial charge in [0.1, 0.15) is 0 Å². The third kappa shape index (κ3) is 5.18. The standard InChI is InChI=1S/C37H41N3/c1-21(2)29-19-30(22(3)4)34(31(20-29)23(5)6)33-18-16-28-14-13-27-15-17-32(39-36(27)37(28)40-33)26(9)38-35-24(7)11-10-12-25(35)8/h10-23H,1-9H3. The highest BCUT2D eigenvalue weighted by molar-refractivity contribution is 6.06. The summed E-state index contributed by atoms with van der Waals surface area (Å²) in [4.78, 5) is 15.5. The van der Waals surface area contributed by atoms with Gasteiger partial charge in [-0.05, 0) is 78.5 Å². The molecule has 0 amide bonds. The van der Waals surface area contributed by atoms with Crippen molar-refractivity contribution in [1.29, 1.82) is 0 Å². The molecule has 0 saturated heterocycles. The molecule has 5 rings (SSSR count).